The first kappa shape index (κ1) is 24.7. The third kappa shape index (κ3) is 5.61. The van der Waals surface area contributed by atoms with Crippen molar-refractivity contribution in [3.8, 4) is 6.07 Å². The van der Waals surface area contributed by atoms with E-state index >= 15 is 0 Å². The molecule has 4 rings (SSSR count). The molecule has 1 aliphatic heterocycles. The number of aryl methyl sites for hydroxylation is 1. The lowest BCUT2D eigenvalue weighted by Gasteiger charge is -2.24. The molecule has 0 radical (unpaired) electrons. The van der Waals surface area contributed by atoms with Crippen molar-refractivity contribution in [2.45, 2.75) is 32.7 Å². The van der Waals surface area contributed by atoms with Crippen molar-refractivity contribution in [2.75, 3.05) is 18.5 Å². The van der Waals surface area contributed by atoms with Crippen molar-refractivity contribution < 1.29 is 14.3 Å². The molecule has 2 heterocycles. The zero-order valence-electron chi connectivity index (χ0n) is 20.4. The number of ether oxygens (including phenoxy) is 1. The lowest BCUT2D eigenvalue weighted by molar-refractivity contribution is -0.143. The third-order valence-electron chi connectivity index (χ3n) is 5.90. The highest BCUT2D eigenvalue weighted by molar-refractivity contribution is 5.98. The summed E-state index contributed by atoms with van der Waals surface area (Å²) in [5, 5.41) is 12.3. The van der Waals surface area contributed by atoms with Gasteiger partial charge in [0.05, 0.1) is 42.2 Å². The molecule has 0 saturated heterocycles. The van der Waals surface area contributed by atoms with E-state index in [-0.39, 0.29) is 24.8 Å². The van der Waals surface area contributed by atoms with Crippen LogP contribution in [0.2, 0.25) is 0 Å². The number of benzene rings is 2. The SMILES string of the molecule is CCOC(=O)CCN(C(=O)c1ccc2c(c1)nc(CNc1ccc(C#N)cc1)n2C)C1=CCCC=N1. The second-order valence-corrected chi connectivity index (χ2v) is 8.30. The average Bonchev–Trinajstić information content (AvgIpc) is 3.23. The van der Waals surface area contributed by atoms with E-state index in [0.717, 1.165) is 29.9 Å². The monoisotopic (exact) mass is 484 g/mol. The molecule has 3 aromatic rings. The number of allylic oxidation sites excluding steroid dienone is 1. The molecule has 0 bridgehead atoms. The maximum absolute atomic E-state index is 13.5. The lowest BCUT2D eigenvalue weighted by atomic mass is 10.1. The highest BCUT2D eigenvalue weighted by atomic mass is 16.5. The molecule has 1 amide bonds. The highest BCUT2D eigenvalue weighted by Crippen LogP contribution is 2.22. The van der Waals surface area contributed by atoms with E-state index in [0.29, 0.717) is 35.6 Å². The van der Waals surface area contributed by atoms with Crippen LogP contribution in [0.5, 0.6) is 0 Å². The van der Waals surface area contributed by atoms with Crippen LogP contribution in [0, 0.1) is 11.3 Å². The van der Waals surface area contributed by atoms with Crippen molar-refractivity contribution in [2.24, 2.45) is 12.0 Å². The number of esters is 1. The summed E-state index contributed by atoms with van der Waals surface area (Å²) < 4.78 is 7.02. The summed E-state index contributed by atoms with van der Waals surface area (Å²) in [6, 6.07) is 14.8. The van der Waals surface area contributed by atoms with Gasteiger partial charge in [-0.1, -0.05) is 0 Å². The lowest BCUT2D eigenvalue weighted by Crippen LogP contribution is -2.32. The molecule has 0 spiro atoms. The molecular formula is C27H28N6O3. The zero-order valence-corrected chi connectivity index (χ0v) is 20.4. The quantitative estimate of drug-likeness (QED) is 0.457. The van der Waals surface area contributed by atoms with Crippen molar-refractivity contribution >= 4 is 34.8 Å². The number of nitrogens with one attached hydrogen (secondary N) is 1. The van der Waals surface area contributed by atoms with Crippen molar-refractivity contribution in [1.82, 2.24) is 14.5 Å². The Kier molecular flexibility index (Phi) is 7.75. The summed E-state index contributed by atoms with van der Waals surface area (Å²) in [4.78, 5) is 36.1. The zero-order chi connectivity index (χ0) is 25.5. The molecular weight excluding hydrogens is 456 g/mol. The minimum absolute atomic E-state index is 0.0867. The summed E-state index contributed by atoms with van der Waals surface area (Å²) in [6.07, 6.45) is 5.40. The van der Waals surface area contributed by atoms with Crippen LogP contribution in [0.1, 0.15) is 47.9 Å². The van der Waals surface area contributed by atoms with Gasteiger partial charge < -0.3 is 14.6 Å². The van der Waals surface area contributed by atoms with Crippen LogP contribution in [0.3, 0.4) is 0 Å². The van der Waals surface area contributed by atoms with Gasteiger partial charge in [-0.2, -0.15) is 5.26 Å². The number of nitrogens with zero attached hydrogens (tertiary/aromatic N) is 5. The van der Waals surface area contributed by atoms with Crippen LogP contribution in [-0.2, 0) is 23.1 Å². The van der Waals surface area contributed by atoms with E-state index in [1.165, 1.54) is 4.90 Å². The predicted octanol–water partition coefficient (Wildman–Crippen LogP) is 4.16. The molecule has 36 heavy (non-hydrogen) atoms. The maximum Gasteiger partial charge on any atom is 0.307 e. The van der Waals surface area contributed by atoms with E-state index in [2.05, 4.69) is 16.4 Å². The molecule has 1 aliphatic rings. The highest BCUT2D eigenvalue weighted by Gasteiger charge is 2.22. The number of aliphatic imine (C=N–C) groups is 1. The van der Waals surface area contributed by atoms with Crippen LogP contribution >= 0.6 is 0 Å². The molecule has 1 N–H and O–H groups in total. The predicted molar refractivity (Wildman–Crippen MR) is 137 cm³/mol. The van der Waals surface area contributed by atoms with Gasteiger partial charge >= 0.3 is 5.97 Å². The fraction of sp³-hybridized carbons (Fsp3) is 0.296. The number of carbonyl (C=O) groups excluding carboxylic acids is 2. The number of aromatic nitrogens is 2. The first-order chi connectivity index (χ1) is 17.5. The smallest absolute Gasteiger partial charge is 0.307 e. The van der Waals surface area contributed by atoms with Gasteiger partial charge in [0.15, 0.2) is 0 Å². The van der Waals surface area contributed by atoms with Gasteiger partial charge in [0.2, 0.25) is 0 Å². The molecule has 1 aromatic heterocycles. The van der Waals surface area contributed by atoms with Gasteiger partial charge in [0.25, 0.3) is 5.91 Å². The normalized spacial score (nSPS) is 12.6. The minimum Gasteiger partial charge on any atom is -0.466 e. The molecule has 9 heteroatoms. The Hall–Kier alpha value is -4.45. The number of nitriles is 1. The summed E-state index contributed by atoms with van der Waals surface area (Å²) in [7, 11) is 1.93. The maximum atomic E-state index is 13.5. The molecule has 0 atom stereocenters. The Morgan fingerprint density at radius 1 is 1.19 bits per heavy atom. The second-order valence-electron chi connectivity index (χ2n) is 8.30. The Morgan fingerprint density at radius 3 is 2.69 bits per heavy atom. The van der Waals surface area contributed by atoms with Gasteiger partial charge in [-0.3, -0.25) is 14.5 Å². The van der Waals surface area contributed by atoms with Crippen LogP contribution in [0.15, 0.2) is 59.4 Å². The average molecular weight is 485 g/mol. The van der Waals surface area contributed by atoms with Gasteiger partial charge in [-0.25, -0.2) is 9.98 Å². The van der Waals surface area contributed by atoms with E-state index in [1.54, 1.807) is 37.4 Å². The summed E-state index contributed by atoms with van der Waals surface area (Å²) in [5.74, 6) is 0.756. The fourth-order valence-electron chi connectivity index (χ4n) is 3.97. The first-order valence-electron chi connectivity index (χ1n) is 11.9. The largest absolute Gasteiger partial charge is 0.466 e. The van der Waals surface area contributed by atoms with Crippen molar-refractivity contribution in [1.29, 1.82) is 5.26 Å². The Labute approximate surface area is 209 Å². The molecule has 0 aliphatic carbocycles. The van der Waals surface area contributed by atoms with Crippen LogP contribution < -0.4 is 5.32 Å². The van der Waals surface area contributed by atoms with E-state index in [1.807, 2.05) is 35.9 Å². The van der Waals surface area contributed by atoms with Crippen LogP contribution in [0.4, 0.5) is 5.69 Å². The second kappa shape index (κ2) is 11.3. The fourth-order valence-corrected chi connectivity index (χ4v) is 3.97. The van der Waals surface area contributed by atoms with Gasteiger partial charge in [0, 0.05) is 31.1 Å². The number of amides is 1. The van der Waals surface area contributed by atoms with E-state index < -0.39 is 0 Å². The minimum atomic E-state index is -0.352. The number of hydrogen-bond acceptors (Lipinski definition) is 7. The Morgan fingerprint density at radius 2 is 2.00 bits per heavy atom. The number of rotatable bonds is 9. The summed E-state index contributed by atoms with van der Waals surface area (Å²) >= 11 is 0. The number of anilines is 1. The summed E-state index contributed by atoms with van der Waals surface area (Å²) in [5.41, 5.74) is 3.56. The molecule has 0 unspecified atom stereocenters. The standard InChI is InChI=1S/C27H28N6O3/c1-3-36-26(34)13-15-33(24-6-4-5-14-29-24)27(35)20-9-12-23-22(16-20)31-25(32(23)2)18-30-21-10-7-19(17-28)8-11-21/h6-12,14,16,30H,3-5,13,15,18H2,1-2H3. The Bertz CT molecular complexity index is 1360. The molecule has 2 aromatic carbocycles. The van der Waals surface area contributed by atoms with Crippen LogP contribution in [-0.4, -0.2) is 45.7 Å². The number of fused-ring (bicyclic) bond motifs is 1. The van der Waals surface area contributed by atoms with Gasteiger partial charge in [-0.05, 0) is 68.3 Å². The number of carbonyl (C=O) groups is 2. The molecule has 9 nitrogen and oxygen atoms in total. The topological polar surface area (TPSA) is 113 Å². The van der Waals surface area contributed by atoms with Crippen molar-refractivity contribution in [3.63, 3.8) is 0 Å². The third-order valence-corrected chi connectivity index (χ3v) is 5.90. The van der Waals surface area contributed by atoms with Gasteiger partial charge in [0.1, 0.15) is 11.6 Å². The van der Waals surface area contributed by atoms with E-state index in [4.69, 9.17) is 15.0 Å². The summed E-state index contributed by atoms with van der Waals surface area (Å²) in [6.45, 7) is 2.71. The van der Waals surface area contributed by atoms with Crippen LogP contribution in [0.25, 0.3) is 11.0 Å². The first-order valence-corrected chi connectivity index (χ1v) is 11.9. The Balaban J connectivity index is 1.54. The van der Waals surface area contributed by atoms with Crippen molar-refractivity contribution in [3.05, 3.63) is 71.3 Å². The molecule has 0 saturated carbocycles. The molecule has 184 valence electrons. The van der Waals surface area contributed by atoms with E-state index in [9.17, 15) is 9.59 Å². The van der Waals surface area contributed by atoms with Gasteiger partial charge in [-0.15, -0.1) is 0 Å². The molecule has 0 fully saturated rings. The number of imidazole rings is 1. The number of hydrogen-bond donors (Lipinski definition) is 1.